The van der Waals surface area contributed by atoms with Gasteiger partial charge in [-0.05, 0) is 37.5 Å². The fourth-order valence-corrected chi connectivity index (χ4v) is 2.88. The van der Waals surface area contributed by atoms with Crippen LogP contribution in [-0.2, 0) is 0 Å². The third-order valence-corrected chi connectivity index (χ3v) is 4.26. The first-order chi connectivity index (χ1) is 7.09. The highest BCUT2D eigenvalue weighted by atomic mass is 16.3. The molecule has 90 valence electrons. The molecule has 0 heterocycles. The molecule has 0 spiro atoms. The molecule has 0 aliphatic heterocycles. The molecular weight excluding hydrogens is 184 g/mol. The molecule has 1 saturated carbocycles. The number of hydrogen-bond acceptors (Lipinski definition) is 1. The van der Waals surface area contributed by atoms with Gasteiger partial charge in [-0.25, -0.2) is 0 Å². The number of rotatable bonds is 4. The van der Waals surface area contributed by atoms with Gasteiger partial charge in [-0.3, -0.25) is 0 Å². The van der Waals surface area contributed by atoms with Gasteiger partial charge in [0.25, 0.3) is 0 Å². The monoisotopic (exact) mass is 212 g/mol. The third kappa shape index (κ3) is 4.14. The van der Waals surface area contributed by atoms with E-state index in [0.29, 0.717) is 0 Å². The number of hydrogen-bond donors (Lipinski definition) is 1. The van der Waals surface area contributed by atoms with Gasteiger partial charge in [0.1, 0.15) is 0 Å². The molecule has 1 nitrogen and oxygen atoms in total. The lowest BCUT2D eigenvalue weighted by Gasteiger charge is -2.30. The van der Waals surface area contributed by atoms with Crippen LogP contribution in [-0.4, -0.2) is 10.7 Å². The van der Waals surface area contributed by atoms with E-state index < -0.39 is 0 Å². The van der Waals surface area contributed by atoms with Crippen molar-refractivity contribution in [1.82, 2.24) is 0 Å². The maximum atomic E-state index is 10.6. The van der Waals surface area contributed by atoms with Crippen LogP contribution in [0.25, 0.3) is 0 Å². The van der Waals surface area contributed by atoms with Gasteiger partial charge in [0, 0.05) is 0 Å². The van der Waals surface area contributed by atoms with Crippen LogP contribution in [0.4, 0.5) is 0 Å². The molecule has 1 aliphatic carbocycles. The molecule has 0 saturated heterocycles. The van der Waals surface area contributed by atoms with Crippen molar-refractivity contribution in [2.75, 3.05) is 0 Å². The maximum Gasteiger partial charge on any atom is 0.0650 e. The minimum atomic E-state index is -0.332. The predicted molar refractivity (Wildman–Crippen MR) is 65.9 cm³/mol. The normalized spacial score (nSPS) is 33.0. The van der Waals surface area contributed by atoms with E-state index in [1.807, 2.05) is 0 Å². The first kappa shape index (κ1) is 13.0. The molecule has 0 aromatic carbocycles. The van der Waals surface area contributed by atoms with Crippen molar-refractivity contribution in [2.24, 2.45) is 11.8 Å². The topological polar surface area (TPSA) is 20.2 Å². The smallest absolute Gasteiger partial charge is 0.0650 e. The molecule has 2 atom stereocenters. The quantitative estimate of drug-likeness (QED) is 0.694. The van der Waals surface area contributed by atoms with Gasteiger partial charge in [-0.1, -0.05) is 46.5 Å². The van der Waals surface area contributed by atoms with Gasteiger partial charge in [0.2, 0.25) is 0 Å². The molecule has 0 aromatic rings. The van der Waals surface area contributed by atoms with Crippen LogP contribution < -0.4 is 0 Å². The Balaban J connectivity index is 2.49. The van der Waals surface area contributed by atoms with Gasteiger partial charge in [-0.2, -0.15) is 0 Å². The summed E-state index contributed by atoms with van der Waals surface area (Å²) in [7, 11) is 0. The zero-order chi connectivity index (χ0) is 11.3. The zero-order valence-corrected chi connectivity index (χ0v) is 10.8. The Morgan fingerprint density at radius 1 is 1.20 bits per heavy atom. The second-order valence-corrected chi connectivity index (χ2v) is 5.65. The van der Waals surface area contributed by atoms with Crippen molar-refractivity contribution in [3.63, 3.8) is 0 Å². The van der Waals surface area contributed by atoms with Crippen LogP contribution in [0.1, 0.15) is 72.1 Å². The van der Waals surface area contributed by atoms with E-state index in [0.717, 1.165) is 31.1 Å². The fraction of sp³-hybridized carbons (Fsp3) is 1.00. The molecule has 0 aromatic heterocycles. The van der Waals surface area contributed by atoms with E-state index in [4.69, 9.17) is 0 Å². The van der Waals surface area contributed by atoms with Crippen LogP contribution in [0.2, 0.25) is 0 Å². The minimum Gasteiger partial charge on any atom is -0.390 e. The van der Waals surface area contributed by atoms with Crippen molar-refractivity contribution in [3.05, 3.63) is 0 Å². The highest BCUT2D eigenvalue weighted by molar-refractivity contribution is 4.84. The summed E-state index contributed by atoms with van der Waals surface area (Å²) >= 11 is 0. The van der Waals surface area contributed by atoms with E-state index in [1.54, 1.807) is 0 Å². The Morgan fingerprint density at radius 2 is 1.87 bits per heavy atom. The Morgan fingerprint density at radius 3 is 2.47 bits per heavy atom. The van der Waals surface area contributed by atoms with Crippen LogP contribution in [0.5, 0.6) is 0 Å². The van der Waals surface area contributed by atoms with Crippen molar-refractivity contribution in [1.29, 1.82) is 0 Å². The van der Waals surface area contributed by atoms with Crippen LogP contribution >= 0.6 is 0 Å². The predicted octanol–water partition coefficient (Wildman–Crippen LogP) is 4.14. The van der Waals surface area contributed by atoms with Crippen LogP contribution in [0.15, 0.2) is 0 Å². The van der Waals surface area contributed by atoms with Crippen molar-refractivity contribution in [3.8, 4) is 0 Å². The Labute approximate surface area is 95.3 Å². The van der Waals surface area contributed by atoms with Gasteiger partial charge < -0.3 is 5.11 Å². The standard InChI is InChI=1S/C14H28O/c1-4-13(5-2)11-14(15)9-6-7-12(3)8-10-14/h12-13,15H,4-11H2,1-3H3. The first-order valence-corrected chi connectivity index (χ1v) is 6.82. The summed E-state index contributed by atoms with van der Waals surface area (Å²) in [5.74, 6) is 1.55. The van der Waals surface area contributed by atoms with E-state index >= 15 is 0 Å². The maximum absolute atomic E-state index is 10.6. The second-order valence-electron chi connectivity index (χ2n) is 5.65. The fourth-order valence-electron chi connectivity index (χ4n) is 2.88. The Kier molecular flexibility index (Phi) is 5.11. The first-order valence-electron chi connectivity index (χ1n) is 6.82. The molecular formula is C14H28O. The lowest BCUT2D eigenvalue weighted by Crippen LogP contribution is -2.30. The molecule has 1 aliphatic rings. The summed E-state index contributed by atoms with van der Waals surface area (Å²) < 4.78 is 0. The van der Waals surface area contributed by atoms with E-state index in [2.05, 4.69) is 20.8 Å². The average Bonchev–Trinajstić information content (AvgIpc) is 2.38. The van der Waals surface area contributed by atoms with Crippen molar-refractivity contribution < 1.29 is 5.11 Å². The molecule has 1 N–H and O–H groups in total. The molecule has 0 radical (unpaired) electrons. The second kappa shape index (κ2) is 5.89. The minimum absolute atomic E-state index is 0.332. The molecule has 0 amide bonds. The van der Waals surface area contributed by atoms with Crippen molar-refractivity contribution in [2.45, 2.75) is 77.7 Å². The van der Waals surface area contributed by atoms with Gasteiger partial charge >= 0.3 is 0 Å². The summed E-state index contributed by atoms with van der Waals surface area (Å²) in [5, 5.41) is 10.6. The average molecular weight is 212 g/mol. The Hall–Kier alpha value is -0.0400. The summed E-state index contributed by atoms with van der Waals surface area (Å²) in [5.41, 5.74) is -0.332. The SMILES string of the molecule is CCC(CC)CC1(O)CCCC(C)CC1. The molecule has 1 rings (SSSR count). The molecule has 2 unspecified atom stereocenters. The molecule has 1 fully saturated rings. The van der Waals surface area contributed by atoms with Crippen LogP contribution in [0.3, 0.4) is 0 Å². The van der Waals surface area contributed by atoms with Gasteiger partial charge in [-0.15, -0.1) is 0 Å². The molecule has 0 bridgehead atoms. The van der Waals surface area contributed by atoms with E-state index in [-0.39, 0.29) is 5.60 Å². The van der Waals surface area contributed by atoms with Gasteiger partial charge in [0.15, 0.2) is 0 Å². The highest BCUT2D eigenvalue weighted by Crippen LogP contribution is 2.35. The molecule has 1 heteroatoms. The summed E-state index contributed by atoms with van der Waals surface area (Å²) in [4.78, 5) is 0. The molecule has 15 heavy (non-hydrogen) atoms. The lowest BCUT2D eigenvalue weighted by molar-refractivity contribution is -0.000702. The number of aliphatic hydroxyl groups is 1. The summed E-state index contributed by atoms with van der Waals surface area (Å²) in [6.07, 6.45) is 9.29. The van der Waals surface area contributed by atoms with E-state index in [9.17, 15) is 5.11 Å². The Bertz CT molecular complexity index is 174. The summed E-state index contributed by atoms with van der Waals surface area (Å²) in [6.45, 7) is 6.82. The highest BCUT2D eigenvalue weighted by Gasteiger charge is 2.31. The van der Waals surface area contributed by atoms with Crippen molar-refractivity contribution >= 4 is 0 Å². The third-order valence-electron chi connectivity index (χ3n) is 4.26. The van der Waals surface area contributed by atoms with Crippen LogP contribution in [0, 0.1) is 11.8 Å². The van der Waals surface area contributed by atoms with E-state index in [1.165, 1.54) is 32.1 Å². The summed E-state index contributed by atoms with van der Waals surface area (Å²) in [6, 6.07) is 0. The largest absolute Gasteiger partial charge is 0.390 e. The zero-order valence-electron chi connectivity index (χ0n) is 10.8. The lowest BCUT2D eigenvalue weighted by atomic mass is 9.82. The van der Waals surface area contributed by atoms with Gasteiger partial charge in [0.05, 0.1) is 5.60 Å².